The molecule has 196 valence electrons. The first-order valence-electron chi connectivity index (χ1n) is 10.6. The third kappa shape index (κ3) is 5.12. The Kier molecular flexibility index (Phi) is 7.27. The maximum atomic E-state index is 14.2. The number of hydrogen-bond acceptors (Lipinski definition) is 5. The van der Waals surface area contributed by atoms with Crippen molar-refractivity contribution in [1.82, 2.24) is 0 Å². The minimum atomic E-state index is -4.97. The minimum absolute atomic E-state index is 0.0377. The Labute approximate surface area is 224 Å². The van der Waals surface area contributed by atoms with E-state index in [1.165, 1.54) is 54.8 Å². The SMILES string of the molecule is CS(=O)(=NC(=O)c1ccc(C2=NOC(c3cc(Cl)c(F)c(Cl)c3)(C(F)(F)F)C2)cc1)c1ccc(C#N)cc1. The number of alkyl halides is 3. The molecule has 3 aromatic rings. The lowest BCUT2D eigenvalue weighted by Gasteiger charge is -2.29. The molecule has 6 nitrogen and oxygen atoms in total. The Morgan fingerprint density at radius 3 is 2.21 bits per heavy atom. The van der Waals surface area contributed by atoms with Crippen molar-refractivity contribution in [2.24, 2.45) is 9.52 Å². The van der Waals surface area contributed by atoms with Crippen LogP contribution in [0.5, 0.6) is 0 Å². The molecule has 0 aromatic heterocycles. The molecule has 4 rings (SSSR count). The Hall–Kier alpha value is -3.46. The molecule has 0 bridgehead atoms. The first kappa shape index (κ1) is 27.6. The summed E-state index contributed by atoms with van der Waals surface area (Å²) in [6.07, 6.45) is -4.46. The Balaban J connectivity index is 1.59. The molecule has 1 aliphatic rings. The normalized spacial score (nSPS) is 18.6. The fourth-order valence-electron chi connectivity index (χ4n) is 3.70. The predicted octanol–water partition coefficient (Wildman–Crippen LogP) is 6.88. The van der Waals surface area contributed by atoms with Crippen molar-refractivity contribution >= 4 is 44.5 Å². The van der Waals surface area contributed by atoms with E-state index in [4.69, 9.17) is 33.3 Å². The molecule has 0 saturated heterocycles. The summed E-state index contributed by atoms with van der Waals surface area (Å²) in [6.45, 7) is 0. The van der Waals surface area contributed by atoms with Gasteiger partial charge in [-0.05, 0) is 54.1 Å². The van der Waals surface area contributed by atoms with Crippen molar-refractivity contribution in [3.63, 3.8) is 0 Å². The second-order valence-electron chi connectivity index (χ2n) is 8.30. The van der Waals surface area contributed by atoms with Crippen LogP contribution >= 0.6 is 23.2 Å². The summed E-state index contributed by atoms with van der Waals surface area (Å²) < 4.78 is 73.1. The van der Waals surface area contributed by atoms with E-state index in [2.05, 4.69) is 9.52 Å². The van der Waals surface area contributed by atoms with Crippen LogP contribution in [-0.4, -0.2) is 28.3 Å². The van der Waals surface area contributed by atoms with Gasteiger partial charge in [0.2, 0.25) is 0 Å². The number of oxime groups is 1. The summed E-state index contributed by atoms with van der Waals surface area (Å²) in [5.41, 5.74) is -2.96. The number of amides is 1. The van der Waals surface area contributed by atoms with Gasteiger partial charge >= 0.3 is 6.18 Å². The van der Waals surface area contributed by atoms with Gasteiger partial charge in [0.25, 0.3) is 11.5 Å². The zero-order chi connectivity index (χ0) is 27.9. The molecule has 1 heterocycles. The third-order valence-corrected chi connectivity index (χ3v) is 7.99. The molecule has 1 amide bonds. The molecular weight excluding hydrogens is 569 g/mol. The van der Waals surface area contributed by atoms with Crippen molar-refractivity contribution in [3.8, 4) is 6.07 Å². The van der Waals surface area contributed by atoms with Crippen molar-refractivity contribution < 1.29 is 31.4 Å². The number of benzene rings is 3. The number of nitriles is 1. The van der Waals surface area contributed by atoms with Gasteiger partial charge in [-0.2, -0.15) is 22.8 Å². The molecule has 2 unspecified atom stereocenters. The van der Waals surface area contributed by atoms with E-state index >= 15 is 0 Å². The van der Waals surface area contributed by atoms with Gasteiger partial charge in [-0.3, -0.25) is 4.79 Å². The van der Waals surface area contributed by atoms with Crippen molar-refractivity contribution in [1.29, 1.82) is 5.26 Å². The van der Waals surface area contributed by atoms with Crippen LogP contribution in [0.3, 0.4) is 0 Å². The smallest absolute Gasteiger partial charge is 0.374 e. The zero-order valence-electron chi connectivity index (χ0n) is 19.2. The van der Waals surface area contributed by atoms with E-state index in [1.54, 1.807) is 0 Å². The molecule has 2 atom stereocenters. The summed E-state index contributed by atoms with van der Waals surface area (Å²) in [6, 6.07) is 14.6. The monoisotopic (exact) mass is 583 g/mol. The first-order chi connectivity index (χ1) is 17.8. The van der Waals surface area contributed by atoms with Crippen molar-refractivity contribution in [2.45, 2.75) is 23.1 Å². The predicted molar refractivity (Wildman–Crippen MR) is 133 cm³/mol. The standard InChI is InChI=1S/C25H15Cl2F4N3O3S/c1-38(36,18-8-2-14(13-32)3-9-18)34-23(35)16-6-4-15(5-7-16)21-12-24(37-33-21,25(29,30)31)17-10-19(26)22(28)20(27)11-17/h2-11H,12H2,1H3. The maximum Gasteiger partial charge on any atom is 0.435 e. The number of rotatable bonds is 4. The van der Waals surface area contributed by atoms with E-state index in [-0.39, 0.29) is 21.7 Å². The van der Waals surface area contributed by atoms with Gasteiger partial charge in [-0.25, -0.2) is 8.60 Å². The summed E-state index contributed by atoms with van der Waals surface area (Å²) in [5, 5.41) is 11.3. The van der Waals surface area contributed by atoms with Gasteiger partial charge in [0.1, 0.15) is 0 Å². The third-order valence-electron chi connectivity index (χ3n) is 5.78. The number of carbonyl (C=O) groups is 1. The molecule has 0 fully saturated rings. The highest BCUT2D eigenvalue weighted by Crippen LogP contribution is 2.50. The van der Waals surface area contributed by atoms with Crippen LogP contribution in [0.25, 0.3) is 0 Å². The Bertz CT molecular complexity index is 1600. The van der Waals surface area contributed by atoms with Crippen LogP contribution in [0.4, 0.5) is 17.6 Å². The summed E-state index contributed by atoms with van der Waals surface area (Å²) in [7, 11) is -3.13. The van der Waals surface area contributed by atoms with Crippen molar-refractivity contribution in [3.05, 3.63) is 98.8 Å². The highest BCUT2D eigenvalue weighted by molar-refractivity contribution is 7.93. The molecule has 0 N–H and O–H groups in total. The largest absolute Gasteiger partial charge is 0.435 e. The van der Waals surface area contributed by atoms with E-state index in [1.807, 2.05) is 6.07 Å². The van der Waals surface area contributed by atoms with Crippen LogP contribution in [0, 0.1) is 17.1 Å². The topological polar surface area (TPSA) is 91.9 Å². The van der Waals surface area contributed by atoms with Gasteiger partial charge < -0.3 is 4.84 Å². The summed E-state index contributed by atoms with van der Waals surface area (Å²) in [4.78, 5) is 17.8. The summed E-state index contributed by atoms with van der Waals surface area (Å²) in [5.74, 6) is -1.87. The molecule has 13 heteroatoms. The van der Waals surface area contributed by atoms with E-state index in [9.17, 15) is 26.6 Å². The number of hydrogen-bond donors (Lipinski definition) is 0. The first-order valence-corrected chi connectivity index (χ1v) is 13.3. The van der Waals surface area contributed by atoms with Crippen LogP contribution in [0.15, 0.2) is 75.1 Å². The van der Waals surface area contributed by atoms with Gasteiger partial charge in [-0.1, -0.05) is 40.5 Å². The quantitative estimate of drug-likeness (QED) is 0.247. The molecule has 0 radical (unpaired) electrons. The number of nitrogens with zero attached hydrogens (tertiary/aromatic N) is 3. The number of halogens is 6. The van der Waals surface area contributed by atoms with Crippen LogP contribution < -0.4 is 0 Å². The van der Waals surface area contributed by atoms with Crippen LogP contribution in [0.2, 0.25) is 10.0 Å². The van der Waals surface area contributed by atoms with Gasteiger partial charge in [0.05, 0.1) is 37.1 Å². The second kappa shape index (κ2) is 10.0. The molecular formula is C25H15Cl2F4N3O3S. The minimum Gasteiger partial charge on any atom is -0.374 e. The fourth-order valence-corrected chi connectivity index (χ4v) is 5.35. The van der Waals surface area contributed by atoms with E-state index < -0.39 is 55.3 Å². The van der Waals surface area contributed by atoms with Gasteiger partial charge in [-0.15, -0.1) is 0 Å². The van der Waals surface area contributed by atoms with E-state index in [0.29, 0.717) is 5.56 Å². The molecule has 0 saturated carbocycles. The molecule has 3 aromatic carbocycles. The number of carbonyl (C=O) groups excluding carboxylic acids is 1. The second-order valence-corrected chi connectivity index (χ2v) is 11.4. The lowest BCUT2D eigenvalue weighted by molar-refractivity contribution is -0.275. The lowest BCUT2D eigenvalue weighted by Crippen LogP contribution is -2.42. The molecule has 0 aliphatic carbocycles. The van der Waals surface area contributed by atoms with Crippen molar-refractivity contribution in [2.75, 3.05) is 6.26 Å². The van der Waals surface area contributed by atoms with Gasteiger partial charge in [0, 0.05) is 28.7 Å². The Morgan fingerprint density at radius 1 is 1.11 bits per heavy atom. The fraction of sp³-hybridized carbons (Fsp3) is 0.160. The Morgan fingerprint density at radius 2 is 1.68 bits per heavy atom. The van der Waals surface area contributed by atoms with Crippen LogP contribution in [0.1, 0.15) is 33.5 Å². The van der Waals surface area contributed by atoms with Gasteiger partial charge in [0.15, 0.2) is 5.82 Å². The van der Waals surface area contributed by atoms with E-state index in [0.717, 1.165) is 12.1 Å². The molecule has 1 aliphatic heterocycles. The van der Waals surface area contributed by atoms with Crippen LogP contribution in [-0.2, 0) is 20.2 Å². The average molecular weight is 584 g/mol. The highest BCUT2D eigenvalue weighted by atomic mass is 35.5. The zero-order valence-corrected chi connectivity index (χ0v) is 21.6. The highest BCUT2D eigenvalue weighted by Gasteiger charge is 2.62. The maximum absolute atomic E-state index is 14.2. The average Bonchev–Trinajstić information content (AvgIpc) is 3.34. The molecule has 38 heavy (non-hydrogen) atoms. The molecule has 0 spiro atoms. The summed E-state index contributed by atoms with van der Waals surface area (Å²) >= 11 is 11.4. The lowest BCUT2D eigenvalue weighted by atomic mass is 9.86.